The van der Waals surface area contributed by atoms with Gasteiger partial charge in [-0.15, -0.1) is 0 Å². The number of benzene rings is 1. The maximum atomic E-state index is 3.33. The van der Waals surface area contributed by atoms with Crippen LogP contribution in [0.5, 0.6) is 0 Å². The molecule has 1 unspecified atom stereocenters. The maximum absolute atomic E-state index is 3.33. The standard InChI is InChI=1S/C13H18N2/c1-9-4-5-12-11(7-10(2)14-3)8-15-13(12)6-9/h4-6,8,10,14-15H,7H2,1-3H3. The third-order valence-corrected chi connectivity index (χ3v) is 2.94. The molecule has 2 nitrogen and oxygen atoms in total. The summed E-state index contributed by atoms with van der Waals surface area (Å²) in [6.45, 7) is 4.32. The molecule has 0 aliphatic carbocycles. The molecule has 1 aromatic carbocycles. The lowest BCUT2D eigenvalue weighted by atomic mass is 10.1. The Labute approximate surface area is 90.7 Å². The first-order valence-corrected chi connectivity index (χ1v) is 5.44. The van der Waals surface area contributed by atoms with Gasteiger partial charge in [0.15, 0.2) is 0 Å². The van der Waals surface area contributed by atoms with E-state index in [1.54, 1.807) is 0 Å². The normalized spacial score (nSPS) is 13.3. The van der Waals surface area contributed by atoms with Crippen molar-refractivity contribution in [2.24, 2.45) is 0 Å². The van der Waals surface area contributed by atoms with E-state index in [4.69, 9.17) is 0 Å². The number of hydrogen-bond acceptors (Lipinski definition) is 1. The molecule has 2 aromatic rings. The first kappa shape index (κ1) is 10.2. The predicted molar refractivity (Wildman–Crippen MR) is 65.3 cm³/mol. The van der Waals surface area contributed by atoms with Crippen molar-refractivity contribution in [1.29, 1.82) is 0 Å². The van der Waals surface area contributed by atoms with Crippen molar-refractivity contribution in [3.8, 4) is 0 Å². The highest BCUT2D eigenvalue weighted by Gasteiger charge is 2.06. The van der Waals surface area contributed by atoms with Crippen molar-refractivity contribution >= 4 is 10.9 Å². The molecule has 1 atom stereocenters. The van der Waals surface area contributed by atoms with Crippen LogP contribution in [0.3, 0.4) is 0 Å². The smallest absolute Gasteiger partial charge is 0.0459 e. The minimum absolute atomic E-state index is 0.519. The molecule has 0 fully saturated rings. The Hall–Kier alpha value is -1.28. The second-order valence-electron chi connectivity index (χ2n) is 4.26. The van der Waals surface area contributed by atoms with Crippen LogP contribution in [-0.2, 0) is 6.42 Å². The molecular weight excluding hydrogens is 184 g/mol. The van der Waals surface area contributed by atoms with Crippen molar-refractivity contribution in [1.82, 2.24) is 10.3 Å². The number of aromatic nitrogens is 1. The third-order valence-electron chi connectivity index (χ3n) is 2.94. The van der Waals surface area contributed by atoms with Crippen LogP contribution in [0.2, 0.25) is 0 Å². The monoisotopic (exact) mass is 202 g/mol. The Kier molecular flexibility index (Phi) is 2.78. The zero-order valence-electron chi connectivity index (χ0n) is 9.59. The van der Waals surface area contributed by atoms with Gasteiger partial charge in [0.05, 0.1) is 0 Å². The first-order valence-electron chi connectivity index (χ1n) is 5.44. The fourth-order valence-electron chi connectivity index (χ4n) is 1.90. The van der Waals surface area contributed by atoms with Crippen molar-refractivity contribution in [3.05, 3.63) is 35.5 Å². The molecule has 0 radical (unpaired) electrons. The lowest BCUT2D eigenvalue weighted by molar-refractivity contribution is 0.610. The van der Waals surface area contributed by atoms with Gasteiger partial charge in [0.1, 0.15) is 0 Å². The number of H-pyrrole nitrogens is 1. The fraction of sp³-hybridized carbons (Fsp3) is 0.385. The molecule has 0 saturated heterocycles. The number of rotatable bonds is 3. The predicted octanol–water partition coefficient (Wildman–Crippen LogP) is 2.63. The highest BCUT2D eigenvalue weighted by molar-refractivity contribution is 5.83. The Morgan fingerprint density at radius 2 is 2.20 bits per heavy atom. The van der Waals surface area contributed by atoms with Crippen LogP contribution in [0.1, 0.15) is 18.1 Å². The van der Waals surface area contributed by atoms with E-state index in [1.165, 1.54) is 22.0 Å². The Morgan fingerprint density at radius 3 is 2.93 bits per heavy atom. The summed E-state index contributed by atoms with van der Waals surface area (Å²) in [6, 6.07) is 7.09. The summed E-state index contributed by atoms with van der Waals surface area (Å²) in [4.78, 5) is 3.33. The van der Waals surface area contributed by atoms with Crippen molar-refractivity contribution in [2.75, 3.05) is 7.05 Å². The topological polar surface area (TPSA) is 27.8 Å². The number of likely N-dealkylation sites (N-methyl/N-ethyl adjacent to an activating group) is 1. The molecule has 2 N–H and O–H groups in total. The molecule has 0 bridgehead atoms. The van der Waals surface area contributed by atoms with Crippen LogP contribution in [0.25, 0.3) is 10.9 Å². The van der Waals surface area contributed by atoms with Crippen LogP contribution in [0.15, 0.2) is 24.4 Å². The highest BCUT2D eigenvalue weighted by atomic mass is 14.8. The number of hydrogen-bond donors (Lipinski definition) is 2. The van der Waals surface area contributed by atoms with Crippen LogP contribution >= 0.6 is 0 Å². The average molecular weight is 202 g/mol. The summed E-state index contributed by atoms with van der Waals surface area (Å²) in [6.07, 6.45) is 3.19. The molecular formula is C13H18N2. The van der Waals surface area contributed by atoms with Gasteiger partial charge in [-0.25, -0.2) is 0 Å². The molecule has 0 amide bonds. The van der Waals surface area contributed by atoms with Gasteiger partial charge in [-0.05, 0) is 44.5 Å². The van der Waals surface area contributed by atoms with Gasteiger partial charge in [0, 0.05) is 23.1 Å². The van der Waals surface area contributed by atoms with E-state index in [-0.39, 0.29) is 0 Å². The summed E-state index contributed by atoms with van der Waals surface area (Å²) in [7, 11) is 2.00. The molecule has 0 spiro atoms. The SMILES string of the molecule is CNC(C)Cc1c[nH]c2cc(C)ccc12. The van der Waals surface area contributed by atoms with E-state index in [1.807, 2.05) is 7.05 Å². The number of aryl methyl sites for hydroxylation is 1. The Bertz CT molecular complexity index is 457. The van der Waals surface area contributed by atoms with Crippen LogP contribution in [0.4, 0.5) is 0 Å². The molecule has 1 heterocycles. The molecule has 0 saturated carbocycles. The van der Waals surface area contributed by atoms with Gasteiger partial charge in [0.25, 0.3) is 0 Å². The van der Waals surface area contributed by atoms with E-state index in [2.05, 4.69) is 48.5 Å². The summed E-state index contributed by atoms with van der Waals surface area (Å²) >= 11 is 0. The van der Waals surface area contributed by atoms with Crippen molar-refractivity contribution < 1.29 is 0 Å². The fourth-order valence-corrected chi connectivity index (χ4v) is 1.90. The number of aromatic amines is 1. The first-order chi connectivity index (χ1) is 7.20. The third kappa shape index (κ3) is 2.05. The van der Waals surface area contributed by atoms with Gasteiger partial charge in [-0.3, -0.25) is 0 Å². The second kappa shape index (κ2) is 4.07. The number of nitrogens with one attached hydrogen (secondary N) is 2. The quantitative estimate of drug-likeness (QED) is 0.786. The zero-order chi connectivity index (χ0) is 10.8. The molecule has 0 aliphatic heterocycles. The van der Waals surface area contributed by atoms with Crippen LogP contribution in [0, 0.1) is 6.92 Å². The minimum Gasteiger partial charge on any atom is -0.361 e. The van der Waals surface area contributed by atoms with Gasteiger partial charge < -0.3 is 10.3 Å². The van der Waals surface area contributed by atoms with Crippen LogP contribution < -0.4 is 5.32 Å². The highest BCUT2D eigenvalue weighted by Crippen LogP contribution is 2.20. The molecule has 2 rings (SSSR count). The van der Waals surface area contributed by atoms with Gasteiger partial charge in [0.2, 0.25) is 0 Å². The van der Waals surface area contributed by atoms with Gasteiger partial charge in [-0.1, -0.05) is 12.1 Å². The zero-order valence-corrected chi connectivity index (χ0v) is 9.59. The number of fused-ring (bicyclic) bond motifs is 1. The van der Waals surface area contributed by atoms with Crippen molar-refractivity contribution in [3.63, 3.8) is 0 Å². The average Bonchev–Trinajstić information content (AvgIpc) is 2.60. The van der Waals surface area contributed by atoms with E-state index < -0.39 is 0 Å². The Balaban J connectivity index is 2.36. The van der Waals surface area contributed by atoms with E-state index in [9.17, 15) is 0 Å². The largest absolute Gasteiger partial charge is 0.361 e. The summed E-state index contributed by atoms with van der Waals surface area (Å²) in [5.41, 5.74) is 3.94. The lowest BCUT2D eigenvalue weighted by Gasteiger charge is -2.08. The van der Waals surface area contributed by atoms with Gasteiger partial charge >= 0.3 is 0 Å². The minimum atomic E-state index is 0.519. The summed E-state index contributed by atoms with van der Waals surface area (Å²) in [5.74, 6) is 0. The van der Waals surface area contributed by atoms with Crippen molar-refractivity contribution in [2.45, 2.75) is 26.3 Å². The molecule has 1 aromatic heterocycles. The Morgan fingerprint density at radius 1 is 1.40 bits per heavy atom. The van der Waals surface area contributed by atoms with E-state index in [0.717, 1.165) is 6.42 Å². The van der Waals surface area contributed by atoms with E-state index >= 15 is 0 Å². The molecule has 2 heteroatoms. The van der Waals surface area contributed by atoms with Crippen LogP contribution in [-0.4, -0.2) is 18.1 Å². The maximum Gasteiger partial charge on any atom is 0.0459 e. The lowest BCUT2D eigenvalue weighted by Crippen LogP contribution is -2.23. The molecule has 80 valence electrons. The summed E-state index contributed by atoms with van der Waals surface area (Å²) < 4.78 is 0. The summed E-state index contributed by atoms with van der Waals surface area (Å²) in [5, 5.41) is 4.62. The molecule has 0 aliphatic rings. The molecule has 15 heavy (non-hydrogen) atoms. The van der Waals surface area contributed by atoms with E-state index in [0.29, 0.717) is 6.04 Å². The van der Waals surface area contributed by atoms with Gasteiger partial charge in [-0.2, -0.15) is 0 Å². The second-order valence-corrected chi connectivity index (χ2v) is 4.26.